The van der Waals surface area contributed by atoms with Crippen molar-refractivity contribution in [3.05, 3.63) is 30.1 Å². The molecule has 0 aliphatic heterocycles. The fourth-order valence-electron chi connectivity index (χ4n) is 1.70. The molecule has 0 amide bonds. The van der Waals surface area contributed by atoms with Crippen LogP contribution in [0.2, 0.25) is 0 Å². The molecule has 0 unspecified atom stereocenters. The molecule has 0 atom stereocenters. The van der Waals surface area contributed by atoms with Crippen molar-refractivity contribution < 1.29 is 0 Å². The van der Waals surface area contributed by atoms with E-state index in [0.29, 0.717) is 6.04 Å². The van der Waals surface area contributed by atoms with Crippen LogP contribution in [0.1, 0.15) is 19.4 Å². The van der Waals surface area contributed by atoms with Crippen molar-refractivity contribution in [3.8, 4) is 0 Å². The van der Waals surface area contributed by atoms with Crippen LogP contribution in [0, 0.1) is 0 Å². The Morgan fingerprint density at radius 1 is 1.38 bits per heavy atom. The summed E-state index contributed by atoms with van der Waals surface area (Å²) < 4.78 is 0. The fourth-order valence-corrected chi connectivity index (χ4v) is 1.70. The van der Waals surface area contributed by atoms with Crippen LogP contribution in [0.15, 0.2) is 24.5 Å². The van der Waals surface area contributed by atoms with Gasteiger partial charge in [0.15, 0.2) is 0 Å². The first-order valence-corrected chi connectivity index (χ1v) is 5.79. The second-order valence-electron chi connectivity index (χ2n) is 4.58. The van der Waals surface area contributed by atoms with Crippen LogP contribution >= 0.6 is 0 Å². The Labute approximate surface area is 96.5 Å². The second kappa shape index (κ2) is 4.66. The Bertz CT molecular complexity index is 459. The van der Waals surface area contributed by atoms with Gasteiger partial charge in [-0.2, -0.15) is 0 Å². The van der Waals surface area contributed by atoms with Crippen LogP contribution in [-0.4, -0.2) is 34.5 Å². The van der Waals surface area contributed by atoms with Gasteiger partial charge in [0.05, 0.1) is 17.4 Å². The fraction of sp³-hybridized carbons (Fsp3) is 0.462. The lowest BCUT2D eigenvalue weighted by atomic mass is 10.1. The summed E-state index contributed by atoms with van der Waals surface area (Å²) in [7, 11) is 2.17. The van der Waals surface area contributed by atoms with Gasteiger partial charge in [0.2, 0.25) is 0 Å². The van der Waals surface area contributed by atoms with Crippen LogP contribution < -0.4 is 0 Å². The Balaban J connectivity index is 2.04. The minimum atomic E-state index is 0.607. The van der Waals surface area contributed by atoms with Crippen LogP contribution in [0.5, 0.6) is 0 Å². The van der Waals surface area contributed by atoms with Crippen LogP contribution in [0.4, 0.5) is 0 Å². The summed E-state index contributed by atoms with van der Waals surface area (Å²) in [6.45, 7) is 5.54. The van der Waals surface area contributed by atoms with Crippen molar-refractivity contribution in [2.24, 2.45) is 0 Å². The predicted molar refractivity (Wildman–Crippen MR) is 67.6 cm³/mol. The van der Waals surface area contributed by atoms with Gasteiger partial charge >= 0.3 is 0 Å². The third kappa shape index (κ3) is 2.42. The number of H-pyrrole nitrogens is 1. The van der Waals surface area contributed by atoms with E-state index < -0.39 is 0 Å². The molecule has 0 spiro atoms. The summed E-state index contributed by atoms with van der Waals surface area (Å²) in [5.74, 6) is 0. The van der Waals surface area contributed by atoms with Crippen molar-refractivity contribution in [3.63, 3.8) is 0 Å². The number of aromatic nitrogens is 2. The number of hydrogen-bond acceptors (Lipinski definition) is 2. The normalized spacial score (nSPS) is 11.8. The van der Waals surface area contributed by atoms with Crippen molar-refractivity contribution >= 4 is 11.0 Å². The number of benzene rings is 1. The molecule has 2 aromatic rings. The molecule has 1 N–H and O–H groups in total. The van der Waals surface area contributed by atoms with Gasteiger partial charge in [0, 0.05) is 12.6 Å². The molecule has 0 saturated carbocycles. The van der Waals surface area contributed by atoms with Crippen LogP contribution in [-0.2, 0) is 6.42 Å². The first-order valence-electron chi connectivity index (χ1n) is 5.79. The number of hydrogen-bond donors (Lipinski definition) is 1. The molecular weight excluding hydrogens is 198 g/mol. The van der Waals surface area contributed by atoms with E-state index in [1.165, 1.54) is 5.56 Å². The van der Waals surface area contributed by atoms with Gasteiger partial charge in [-0.05, 0) is 45.0 Å². The maximum atomic E-state index is 4.22. The Morgan fingerprint density at radius 3 is 2.94 bits per heavy atom. The van der Waals surface area contributed by atoms with E-state index >= 15 is 0 Å². The summed E-state index contributed by atoms with van der Waals surface area (Å²) in [4.78, 5) is 9.72. The maximum absolute atomic E-state index is 4.22. The lowest BCUT2D eigenvalue weighted by molar-refractivity contribution is 0.277. The largest absolute Gasteiger partial charge is 0.345 e. The average Bonchev–Trinajstić information content (AvgIpc) is 2.72. The predicted octanol–water partition coefficient (Wildman–Crippen LogP) is 2.45. The number of likely N-dealkylation sites (N-methyl/N-ethyl adjacent to an activating group) is 1. The molecule has 3 nitrogen and oxygen atoms in total. The molecule has 0 fully saturated rings. The van der Waals surface area contributed by atoms with Gasteiger partial charge in [-0.25, -0.2) is 4.98 Å². The molecule has 2 rings (SSSR count). The van der Waals surface area contributed by atoms with E-state index in [1.54, 1.807) is 6.33 Å². The van der Waals surface area contributed by atoms with Gasteiger partial charge in [-0.15, -0.1) is 0 Å². The molecule has 0 aliphatic rings. The Hall–Kier alpha value is -1.35. The van der Waals surface area contributed by atoms with Gasteiger partial charge < -0.3 is 9.88 Å². The van der Waals surface area contributed by atoms with E-state index in [4.69, 9.17) is 0 Å². The smallest absolute Gasteiger partial charge is 0.0931 e. The molecule has 0 aliphatic carbocycles. The average molecular weight is 217 g/mol. The maximum Gasteiger partial charge on any atom is 0.0931 e. The zero-order valence-corrected chi connectivity index (χ0v) is 10.2. The topological polar surface area (TPSA) is 31.9 Å². The highest BCUT2D eigenvalue weighted by molar-refractivity contribution is 5.75. The standard InChI is InChI=1S/C13H19N3/c1-10(2)16(3)7-6-11-4-5-12-13(8-11)15-9-14-12/h4-5,8-10H,6-7H2,1-3H3,(H,14,15). The number of nitrogens with zero attached hydrogens (tertiary/aromatic N) is 2. The minimum Gasteiger partial charge on any atom is -0.345 e. The second-order valence-corrected chi connectivity index (χ2v) is 4.58. The highest BCUT2D eigenvalue weighted by Crippen LogP contribution is 2.12. The quantitative estimate of drug-likeness (QED) is 0.853. The molecule has 0 saturated heterocycles. The number of nitrogens with one attached hydrogen (secondary N) is 1. The zero-order valence-electron chi connectivity index (χ0n) is 10.2. The number of aromatic amines is 1. The van der Waals surface area contributed by atoms with Crippen molar-refractivity contribution in [1.29, 1.82) is 0 Å². The first kappa shape index (κ1) is 11.1. The summed E-state index contributed by atoms with van der Waals surface area (Å²) >= 11 is 0. The number of imidazole rings is 1. The number of fused-ring (bicyclic) bond motifs is 1. The molecule has 1 aromatic heterocycles. The summed E-state index contributed by atoms with van der Waals surface area (Å²) in [6.07, 6.45) is 2.83. The van der Waals surface area contributed by atoms with Crippen LogP contribution in [0.3, 0.4) is 0 Å². The van der Waals surface area contributed by atoms with E-state index in [-0.39, 0.29) is 0 Å². The molecule has 16 heavy (non-hydrogen) atoms. The summed E-state index contributed by atoms with van der Waals surface area (Å²) in [6, 6.07) is 7.04. The van der Waals surface area contributed by atoms with Gasteiger partial charge in [0.1, 0.15) is 0 Å². The van der Waals surface area contributed by atoms with Crippen LogP contribution in [0.25, 0.3) is 11.0 Å². The highest BCUT2D eigenvalue weighted by Gasteiger charge is 2.04. The lowest BCUT2D eigenvalue weighted by Gasteiger charge is -2.20. The highest BCUT2D eigenvalue weighted by atomic mass is 15.1. The Morgan fingerprint density at radius 2 is 2.19 bits per heavy atom. The van der Waals surface area contributed by atoms with Gasteiger partial charge in [-0.1, -0.05) is 6.07 Å². The van der Waals surface area contributed by atoms with E-state index in [1.807, 2.05) is 0 Å². The molecule has 0 bridgehead atoms. The van der Waals surface area contributed by atoms with Gasteiger partial charge in [0.25, 0.3) is 0 Å². The van der Waals surface area contributed by atoms with Crippen molar-refractivity contribution in [2.45, 2.75) is 26.3 Å². The third-order valence-electron chi connectivity index (χ3n) is 3.12. The summed E-state index contributed by atoms with van der Waals surface area (Å²) in [5, 5.41) is 0. The van der Waals surface area contributed by atoms with Crippen molar-refractivity contribution in [2.75, 3.05) is 13.6 Å². The molecule has 1 aromatic carbocycles. The third-order valence-corrected chi connectivity index (χ3v) is 3.12. The van der Waals surface area contributed by atoms with Gasteiger partial charge in [-0.3, -0.25) is 0 Å². The molecule has 1 heterocycles. The van der Waals surface area contributed by atoms with E-state index in [2.05, 4.69) is 54.0 Å². The minimum absolute atomic E-state index is 0.607. The summed E-state index contributed by atoms with van der Waals surface area (Å²) in [5.41, 5.74) is 3.54. The van der Waals surface area contributed by atoms with E-state index in [0.717, 1.165) is 24.0 Å². The molecule has 0 radical (unpaired) electrons. The monoisotopic (exact) mass is 217 g/mol. The molecule has 3 heteroatoms. The Kier molecular flexibility index (Phi) is 3.25. The zero-order chi connectivity index (χ0) is 11.5. The van der Waals surface area contributed by atoms with E-state index in [9.17, 15) is 0 Å². The first-order chi connectivity index (χ1) is 7.66. The lowest BCUT2D eigenvalue weighted by Crippen LogP contribution is -2.28. The SMILES string of the molecule is CC(C)N(C)CCc1ccc2nc[nH]c2c1. The molecular formula is C13H19N3. The molecule has 86 valence electrons. The van der Waals surface area contributed by atoms with Crippen molar-refractivity contribution in [1.82, 2.24) is 14.9 Å². The number of rotatable bonds is 4.